The summed E-state index contributed by atoms with van der Waals surface area (Å²) in [6.45, 7) is 10.3. The van der Waals surface area contributed by atoms with E-state index in [4.69, 9.17) is 14.2 Å². The number of fused-ring (bicyclic) bond motifs is 2. The molecule has 1 aliphatic rings. The molecule has 0 saturated heterocycles. The van der Waals surface area contributed by atoms with Crippen molar-refractivity contribution in [3.8, 4) is 11.5 Å². The van der Waals surface area contributed by atoms with Crippen LogP contribution in [0.1, 0.15) is 50.0 Å². The van der Waals surface area contributed by atoms with Gasteiger partial charge in [-0.1, -0.05) is 0 Å². The quantitative estimate of drug-likeness (QED) is 0.548. The molecule has 0 fully saturated rings. The average Bonchev–Trinajstić information content (AvgIpc) is 3.19. The van der Waals surface area contributed by atoms with Gasteiger partial charge in [-0.3, -0.25) is 4.79 Å². The fourth-order valence-corrected chi connectivity index (χ4v) is 3.74. The van der Waals surface area contributed by atoms with E-state index in [0.717, 1.165) is 17.0 Å². The second kappa shape index (κ2) is 9.77. The molecular weight excluding hydrogens is 452 g/mol. The number of nitrogens with one attached hydrogen (secondary N) is 2. The Morgan fingerprint density at radius 3 is 2.60 bits per heavy atom. The molecule has 0 bridgehead atoms. The fraction of sp³-hybridized carbons (Fsp3) is 0.458. The molecule has 1 aromatic carbocycles. The van der Waals surface area contributed by atoms with E-state index >= 15 is 0 Å². The van der Waals surface area contributed by atoms with Crippen LogP contribution in [0, 0.1) is 13.8 Å². The summed E-state index contributed by atoms with van der Waals surface area (Å²) < 4.78 is 18.0. The number of amides is 2. The zero-order chi connectivity index (χ0) is 25.2. The Balaban J connectivity index is 1.40. The highest BCUT2D eigenvalue weighted by Crippen LogP contribution is 2.32. The number of hydrogen-bond acceptors (Lipinski definition) is 8. The molecule has 4 rings (SSSR count). The molecule has 0 saturated carbocycles. The van der Waals surface area contributed by atoms with E-state index in [0.29, 0.717) is 48.4 Å². The van der Waals surface area contributed by atoms with Crippen LogP contribution in [0.4, 0.5) is 10.5 Å². The summed E-state index contributed by atoms with van der Waals surface area (Å²) in [5.41, 5.74) is 2.61. The number of benzene rings is 1. The van der Waals surface area contributed by atoms with Gasteiger partial charge in [0.1, 0.15) is 18.8 Å². The van der Waals surface area contributed by atoms with E-state index in [2.05, 4.69) is 25.7 Å². The predicted molar refractivity (Wildman–Crippen MR) is 128 cm³/mol. The van der Waals surface area contributed by atoms with Gasteiger partial charge in [0, 0.05) is 29.6 Å². The van der Waals surface area contributed by atoms with Gasteiger partial charge in [-0.15, -0.1) is 5.10 Å². The smallest absolute Gasteiger partial charge is 0.408 e. The number of hydrogen-bond donors (Lipinski definition) is 2. The highest BCUT2D eigenvalue weighted by Gasteiger charge is 2.18. The Kier molecular flexibility index (Phi) is 6.77. The van der Waals surface area contributed by atoms with Crippen molar-refractivity contribution in [1.29, 1.82) is 0 Å². The van der Waals surface area contributed by atoms with Crippen molar-refractivity contribution in [3.63, 3.8) is 0 Å². The second-order valence-electron chi connectivity index (χ2n) is 9.26. The summed E-state index contributed by atoms with van der Waals surface area (Å²) in [5, 5.41) is 10.0. The summed E-state index contributed by atoms with van der Waals surface area (Å²) in [7, 11) is 0. The molecule has 35 heavy (non-hydrogen) atoms. The first-order chi connectivity index (χ1) is 16.6. The third-order valence-electron chi connectivity index (χ3n) is 5.31. The van der Waals surface area contributed by atoms with E-state index < -0.39 is 11.7 Å². The lowest BCUT2D eigenvalue weighted by molar-refractivity contribution is -0.116. The second-order valence-corrected chi connectivity index (χ2v) is 9.26. The first-order valence-corrected chi connectivity index (χ1v) is 11.5. The van der Waals surface area contributed by atoms with Crippen molar-refractivity contribution in [2.75, 3.05) is 18.5 Å². The number of nitrogens with zero attached hydrogens (tertiary/aromatic N) is 4. The van der Waals surface area contributed by atoms with Crippen LogP contribution < -0.4 is 20.1 Å². The molecule has 1 aliphatic heterocycles. The first-order valence-electron chi connectivity index (χ1n) is 11.5. The summed E-state index contributed by atoms with van der Waals surface area (Å²) in [6, 6.07) is 5.34. The van der Waals surface area contributed by atoms with Crippen LogP contribution in [-0.4, -0.2) is 50.4 Å². The normalized spacial score (nSPS) is 12.9. The lowest BCUT2D eigenvalue weighted by Gasteiger charge is -2.19. The van der Waals surface area contributed by atoms with E-state index in [1.807, 2.05) is 13.8 Å². The highest BCUT2D eigenvalue weighted by molar-refractivity contribution is 5.91. The summed E-state index contributed by atoms with van der Waals surface area (Å²) in [5.74, 6) is 2.03. The number of aromatic nitrogens is 4. The molecule has 3 heterocycles. The van der Waals surface area contributed by atoms with Crippen LogP contribution in [0.5, 0.6) is 11.5 Å². The van der Waals surface area contributed by atoms with E-state index in [9.17, 15) is 9.59 Å². The lowest BCUT2D eigenvalue weighted by Crippen LogP contribution is -2.32. The third-order valence-corrected chi connectivity index (χ3v) is 5.31. The van der Waals surface area contributed by atoms with Crippen molar-refractivity contribution in [2.24, 2.45) is 0 Å². The molecular formula is C24H30N6O5. The maximum absolute atomic E-state index is 12.6. The number of ether oxygens (including phenoxy) is 3. The van der Waals surface area contributed by atoms with Gasteiger partial charge in [-0.05, 0) is 58.7 Å². The van der Waals surface area contributed by atoms with Gasteiger partial charge in [0.15, 0.2) is 17.3 Å². The molecule has 0 spiro atoms. The van der Waals surface area contributed by atoms with Gasteiger partial charge in [0.25, 0.3) is 5.78 Å². The fourth-order valence-electron chi connectivity index (χ4n) is 3.74. The first kappa shape index (κ1) is 24.2. The van der Waals surface area contributed by atoms with Crippen LogP contribution in [-0.2, 0) is 22.5 Å². The van der Waals surface area contributed by atoms with Gasteiger partial charge in [-0.2, -0.15) is 4.98 Å². The summed E-state index contributed by atoms with van der Waals surface area (Å²) in [4.78, 5) is 33.4. The standard InChI is InChI=1S/C24H30N6O5/c1-14-17(7-9-21(31)27-16-6-8-18-19(12-16)34-11-10-33-18)15(2)30-22(26-14)28-20(29-30)13-25-23(32)35-24(3,4)5/h6,8,12H,7,9-11,13H2,1-5H3,(H,25,32)(H,27,31). The van der Waals surface area contributed by atoms with Crippen molar-refractivity contribution in [1.82, 2.24) is 24.9 Å². The predicted octanol–water partition coefficient (Wildman–Crippen LogP) is 3.11. The zero-order valence-corrected chi connectivity index (χ0v) is 20.6. The number of aryl methyl sites for hydroxylation is 2. The molecule has 0 atom stereocenters. The van der Waals surface area contributed by atoms with Gasteiger partial charge < -0.3 is 24.8 Å². The molecule has 3 aromatic rings. The average molecular weight is 483 g/mol. The number of carbonyl (C=O) groups excluding carboxylic acids is 2. The molecule has 11 heteroatoms. The minimum atomic E-state index is -0.588. The van der Waals surface area contributed by atoms with Crippen molar-refractivity contribution in [3.05, 3.63) is 41.0 Å². The van der Waals surface area contributed by atoms with Crippen LogP contribution >= 0.6 is 0 Å². The molecule has 0 radical (unpaired) electrons. The largest absolute Gasteiger partial charge is 0.486 e. The highest BCUT2D eigenvalue weighted by atomic mass is 16.6. The molecule has 186 valence electrons. The van der Waals surface area contributed by atoms with Gasteiger partial charge in [0.2, 0.25) is 5.91 Å². The van der Waals surface area contributed by atoms with E-state index in [1.165, 1.54) is 0 Å². The monoisotopic (exact) mass is 482 g/mol. The molecule has 0 unspecified atom stereocenters. The van der Waals surface area contributed by atoms with Gasteiger partial charge in [0.05, 0.1) is 6.54 Å². The molecule has 2 amide bonds. The Morgan fingerprint density at radius 1 is 1.11 bits per heavy atom. The number of rotatable bonds is 6. The third kappa shape index (κ3) is 5.97. The number of anilines is 1. The van der Waals surface area contributed by atoms with Crippen LogP contribution in [0.15, 0.2) is 18.2 Å². The Bertz CT molecular complexity index is 1260. The lowest BCUT2D eigenvalue weighted by atomic mass is 10.1. The molecule has 2 aromatic heterocycles. The van der Waals surface area contributed by atoms with E-state index in [1.54, 1.807) is 43.5 Å². The maximum Gasteiger partial charge on any atom is 0.408 e. The molecule has 2 N–H and O–H groups in total. The Morgan fingerprint density at radius 2 is 1.86 bits per heavy atom. The van der Waals surface area contributed by atoms with Gasteiger partial charge >= 0.3 is 6.09 Å². The van der Waals surface area contributed by atoms with Crippen molar-refractivity contribution >= 4 is 23.5 Å². The summed E-state index contributed by atoms with van der Waals surface area (Å²) in [6.07, 6.45) is 0.217. The SMILES string of the molecule is Cc1nc2nc(CNC(=O)OC(C)(C)C)nn2c(C)c1CCC(=O)Nc1ccc2c(c1)OCCO2. The molecule has 11 nitrogen and oxygen atoms in total. The topological polar surface area (TPSA) is 129 Å². The summed E-state index contributed by atoms with van der Waals surface area (Å²) >= 11 is 0. The minimum absolute atomic E-state index is 0.115. The van der Waals surface area contributed by atoms with Crippen LogP contribution in [0.2, 0.25) is 0 Å². The van der Waals surface area contributed by atoms with Crippen LogP contribution in [0.25, 0.3) is 5.78 Å². The Hall–Kier alpha value is -3.89. The number of carbonyl (C=O) groups is 2. The van der Waals surface area contributed by atoms with Crippen molar-refractivity contribution in [2.45, 2.75) is 59.6 Å². The number of alkyl carbamates (subject to hydrolysis) is 1. The van der Waals surface area contributed by atoms with Crippen molar-refractivity contribution < 1.29 is 23.8 Å². The Labute approximate surface area is 203 Å². The maximum atomic E-state index is 12.6. The van der Waals surface area contributed by atoms with Crippen LogP contribution in [0.3, 0.4) is 0 Å². The zero-order valence-electron chi connectivity index (χ0n) is 20.6. The van der Waals surface area contributed by atoms with E-state index in [-0.39, 0.29) is 18.9 Å². The minimum Gasteiger partial charge on any atom is -0.486 e. The molecule has 0 aliphatic carbocycles. The van der Waals surface area contributed by atoms with Gasteiger partial charge in [-0.25, -0.2) is 14.3 Å².